The molecule has 0 radical (unpaired) electrons. The molecule has 0 bridgehead atoms. The predicted molar refractivity (Wildman–Crippen MR) is 62.2 cm³/mol. The Hall–Kier alpha value is -1.08. The van der Waals surface area contributed by atoms with Crippen LogP contribution in [-0.2, 0) is 15.8 Å². The summed E-state index contributed by atoms with van der Waals surface area (Å²) in [6.45, 7) is 0.276. The van der Waals surface area contributed by atoms with E-state index >= 15 is 0 Å². The number of hydroxylamine groups is 1. The van der Waals surface area contributed by atoms with Gasteiger partial charge in [-0.1, -0.05) is 22.0 Å². The summed E-state index contributed by atoms with van der Waals surface area (Å²) in [6, 6.07) is 4.48. The fraction of sp³-hybridized carbons (Fsp3) is 0.364. The molecule has 7 heteroatoms. The minimum absolute atomic E-state index is 0.0824. The molecule has 98 valence electrons. The fourth-order valence-electron chi connectivity index (χ4n) is 1.57. The summed E-state index contributed by atoms with van der Waals surface area (Å²) in [5.41, 5.74) is -0.730. The van der Waals surface area contributed by atoms with E-state index in [1.54, 1.807) is 0 Å². The van der Waals surface area contributed by atoms with Gasteiger partial charge in [0.1, 0.15) is 0 Å². The van der Waals surface area contributed by atoms with E-state index in [-0.39, 0.29) is 12.3 Å². The summed E-state index contributed by atoms with van der Waals surface area (Å²) in [4.78, 5) is 16.4. The first-order chi connectivity index (χ1) is 8.39. The van der Waals surface area contributed by atoms with Crippen molar-refractivity contribution in [3.8, 4) is 0 Å². The van der Waals surface area contributed by atoms with Crippen LogP contribution in [0.25, 0.3) is 0 Å². The molecule has 1 aliphatic rings. The molecule has 2 rings (SSSR count). The average Bonchev–Trinajstić information content (AvgIpc) is 2.32. The molecule has 0 saturated carbocycles. The van der Waals surface area contributed by atoms with Crippen molar-refractivity contribution in [2.45, 2.75) is 17.4 Å². The highest BCUT2D eigenvalue weighted by Gasteiger charge is 2.33. The highest BCUT2D eigenvalue weighted by atomic mass is 79.9. The first kappa shape index (κ1) is 13.4. The Morgan fingerprint density at radius 3 is 2.78 bits per heavy atom. The lowest BCUT2D eigenvalue weighted by Crippen LogP contribution is -2.42. The molecular weight excluding hydrogens is 315 g/mol. The number of benzene rings is 1. The smallest absolute Gasteiger partial charge is 0.271 e. The molecule has 0 spiro atoms. The van der Waals surface area contributed by atoms with E-state index in [4.69, 9.17) is 4.84 Å². The van der Waals surface area contributed by atoms with Crippen molar-refractivity contribution in [2.75, 3.05) is 11.7 Å². The lowest BCUT2D eigenvalue weighted by atomic mass is 10.2. The van der Waals surface area contributed by atoms with Crippen LogP contribution >= 0.6 is 15.9 Å². The summed E-state index contributed by atoms with van der Waals surface area (Å²) in [7, 11) is 0. The van der Waals surface area contributed by atoms with Gasteiger partial charge >= 0.3 is 6.18 Å². The Bertz CT molecular complexity index is 464. The lowest BCUT2D eigenvalue weighted by Gasteiger charge is -2.29. The molecule has 1 unspecified atom stereocenters. The van der Waals surface area contributed by atoms with Gasteiger partial charge in [0.25, 0.3) is 5.91 Å². The molecule has 1 aliphatic heterocycles. The monoisotopic (exact) mass is 323 g/mol. The van der Waals surface area contributed by atoms with E-state index in [2.05, 4.69) is 15.9 Å². The van der Waals surface area contributed by atoms with Crippen molar-refractivity contribution in [3.05, 3.63) is 29.8 Å². The third-order valence-electron chi connectivity index (χ3n) is 2.47. The third kappa shape index (κ3) is 2.67. The number of nitrogens with zero attached hydrogens (tertiary/aromatic N) is 1. The van der Waals surface area contributed by atoms with Crippen molar-refractivity contribution in [1.29, 1.82) is 0 Å². The van der Waals surface area contributed by atoms with Gasteiger partial charge in [-0.05, 0) is 24.6 Å². The van der Waals surface area contributed by atoms with Crippen LogP contribution < -0.4 is 5.06 Å². The molecule has 0 aromatic heterocycles. The number of hydrogen-bond acceptors (Lipinski definition) is 2. The molecule has 0 aliphatic carbocycles. The molecule has 18 heavy (non-hydrogen) atoms. The van der Waals surface area contributed by atoms with Crippen LogP contribution in [0, 0.1) is 0 Å². The van der Waals surface area contributed by atoms with Gasteiger partial charge in [0, 0.05) is 0 Å². The van der Waals surface area contributed by atoms with E-state index in [1.807, 2.05) is 0 Å². The van der Waals surface area contributed by atoms with Crippen LogP contribution in [0.5, 0.6) is 0 Å². The highest BCUT2D eigenvalue weighted by molar-refractivity contribution is 9.10. The van der Waals surface area contributed by atoms with E-state index in [9.17, 15) is 18.0 Å². The van der Waals surface area contributed by atoms with Gasteiger partial charge < -0.3 is 0 Å². The van der Waals surface area contributed by atoms with E-state index in [0.717, 1.165) is 17.2 Å². The van der Waals surface area contributed by atoms with Crippen LogP contribution in [0.3, 0.4) is 0 Å². The molecule has 1 atom stereocenters. The molecule has 3 nitrogen and oxygen atoms in total. The van der Waals surface area contributed by atoms with E-state index < -0.39 is 22.5 Å². The van der Waals surface area contributed by atoms with Crippen LogP contribution in [0.1, 0.15) is 12.0 Å². The zero-order valence-electron chi connectivity index (χ0n) is 9.08. The first-order valence-electron chi connectivity index (χ1n) is 5.18. The number of carbonyl (C=O) groups excluding carboxylic acids is 1. The van der Waals surface area contributed by atoms with E-state index in [0.29, 0.717) is 6.42 Å². The minimum atomic E-state index is -4.44. The van der Waals surface area contributed by atoms with Crippen molar-refractivity contribution in [2.24, 2.45) is 0 Å². The van der Waals surface area contributed by atoms with Crippen molar-refractivity contribution in [1.82, 2.24) is 0 Å². The van der Waals surface area contributed by atoms with Crippen molar-refractivity contribution < 1.29 is 22.8 Å². The SMILES string of the molecule is O=C1C(Br)CCON1c1cccc(C(F)(F)F)c1. The van der Waals surface area contributed by atoms with Crippen molar-refractivity contribution >= 4 is 27.5 Å². The van der Waals surface area contributed by atoms with Gasteiger partial charge in [-0.25, -0.2) is 0 Å². The van der Waals surface area contributed by atoms with Gasteiger partial charge in [-0.15, -0.1) is 0 Å². The fourth-order valence-corrected chi connectivity index (χ4v) is 1.95. The summed E-state index contributed by atoms with van der Waals surface area (Å²) in [5, 5.41) is 0.901. The molecule has 0 N–H and O–H groups in total. The van der Waals surface area contributed by atoms with Gasteiger partial charge in [0.15, 0.2) is 0 Å². The number of amides is 1. The molecule has 1 fully saturated rings. The number of halogens is 4. The summed E-state index contributed by atoms with van der Waals surface area (Å²) in [6.07, 6.45) is -3.95. The Labute approximate surface area is 110 Å². The molecule has 1 heterocycles. The Morgan fingerprint density at radius 1 is 1.39 bits per heavy atom. The number of rotatable bonds is 1. The van der Waals surface area contributed by atoms with Crippen molar-refractivity contribution in [3.63, 3.8) is 0 Å². The second-order valence-electron chi connectivity index (χ2n) is 3.77. The largest absolute Gasteiger partial charge is 0.416 e. The van der Waals surface area contributed by atoms with Gasteiger partial charge in [0.2, 0.25) is 0 Å². The quantitative estimate of drug-likeness (QED) is 0.743. The highest BCUT2D eigenvalue weighted by Crippen LogP contribution is 2.32. The lowest BCUT2D eigenvalue weighted by molar-refractivity contribution is -0.138. The average molecular weight is 324 g/mol. The maximum absolute atomic E-state index is 12.6. The topological polar surface area (TPSA) is 29.5 Å². The summed E-state index contributed by atoms with van der Waals surface area (Å²) >= 11 is 3.16. The molecule has 1 amide bonds. The standard InChI is InChI=1S/C11H9BrF3NO2/c12-9-4-5-18-16(10(9)17)8-3-1-2-7(6-8)11(13,14)15/h1-3,6,9H,4-5H2. The molecule has 1 saturated heterocycles. The Kier molecular flexibility index (Phi) is 3.63. The Morgan fingerprint density at radius 2 is 2.11 bits per heavy atom. The maximum Gasteiger partial charge on any atom is 0.416 e. The number of hydrogen-bond donors (Lipinski definition) is 0. The van der Waals surface area contributed by atoms with Crippen LogP contribution in [0.4, 0.5) is 18.9 Å². The molecular formula is C11H9BrF3NO2. The third-order valence-corrected chi connectivity index (χ3v) is 3.32. The van der Waals surface area contributed by atoms with Crippen LogP contribution in [-0.4, -0.2) is 17.3 Å². The zero-order valence-corrected chi connectivity index (χ0v) is 10.7. The normalized spacial score (nSPS) is 21.2. The summed E-state index contributed by atoms with van der Waals surface area (Å²) < 4.78 is 37.7. The zero-order chi connectivity index (χ0) is 13.3. The number of carbonyl (C=O) groups is 1. The van der Waals surface area contributed by atoms with Gasteiger partial charge in [0.05, 0.1) is 22.7 Å². The second-order valence-corrected chi connectivity index (χ2v) is 4.88. The number of anilines is 1. The van der Waals surface area contributed by atoms with E-state index in [1.165, 1.54) is 12.1 Å². The second kappa shape index (κ2) is 4.89. The maximum atomic E-state index is 12.6. The number of alkyl halides is 4. The van der Waals surface area contributed by atoms with Gasteiger partial charge in [-0.3, -0.25) is 9.63 Å². The summed E-state index contributed by atoms with van der Waals surface area (Å²) in [5.74, 6) is -0.402. The molecule has 1 aromatic carbocycles. The van der Waals surface area contributed by atoms with Gasteiger partial charge in [-0.2, -0.15) is 18.2 Å². The van der Waals surface area contributed by atoms with Crippen LogP contribution in [0.2, 0.25) is 0 Å². The van der Waals surface area contributed by atoms with Crippen LogP contribution in [0.15, 0.2) is 24.3 Å². The minimum Gasteiger partial charge on any atom is -0.271 e. The first-order valence-corrected chi connectivity index (χ1v) is 6.09. The predicted octanol–water partition coefficient (Wildman–Crippen LogP) is 3.14. The Balaban J connectivity index is 2.31. The molecule has 1 aromatic rings.